The van der Waals surface area contributed by atoms with Crippen LogP contribution in [-0.4, -0.2) is 25.2 Å². The number of nitrogens with zero attached hydrogens (tertiary/aromatic N) is 2. The summed E-state index contributed by atoms with van der Waals surface area (Å²) in [5.41, 5.74) is 5.40. The number of hydrogen-bond donors (Lipinski definition) is 2. The monoisotopic (exact) mass is 360 g/mol. The van der Waals surface area contributed by atoms with Crippen LogP contribution in [-0.2, 0) is 12.7 Å². The molecule has 1 heterocycles. The van der Waals surface area contributed by atoms with E-state index in [1.165, 1.54) is 14.2 Å². The molecule has 0 bridgehead atoms. The maximum Gasteiger partial charge on any atom is 0.434 e. The normalized spacial score (nSPS) is 12.1. The van der Waals surface area contributed by atoms with E-state index in [0.29, 0.717) is 17.2 Å². The van der Waals surface area contributed by atoms with Gasteiger partial charge in [-0.25, -0.2) is 9.98 Å². The van der Waals surface area contributed by atoms with Crippen molar-refractivity contribution in [1.82, 2.24) is 4.98 Å². The van der Waals surface area contributed by atoms with Crippen LogP contribution in [0.25, 0.3) is 0 Å². The fourth-order valence-corrected chi connectivity index (χ4v) is 2.49. The van der Waals surface area contributed by atoms with Crippen molar-refractivity contribution in [1.29, 1.82) is 0 Å². The summed E-state index contributed by atoms with van der Waals surface area (Å²) in [5, 5.41) is 3.99. The summed E-state index contributed by atoms with van der Waals surface area (Å²) in [6, 6.07) is 5.05. The van der Waals surface area contributed by atoms with Crippen molar-refractivity contribution < 1.29 is 22.6 Å². The number of benzene rings is 1. The zero-order valence-corrected chi connectivity index (χ0v) is 13.7. The third kappa shape index (κ3) is 4.51. The average molecular weight is 360 g/mol. The van der Waals surface area contributed by atoms with Gasteiger partial charge < -0.3 is 20.5 Å². The second-order valence-corrected chi connectivity index (χ2v) is 5.46. The number of alkyl halides is 3. The van der Waals surface area contributed by atoms with E-state index < -0.39 is 11.9 Å². The highest BCUT2D eigenvalue weighted by atomic mass is 32.1. The maximum absolute atomic E-state index is 12.5. The molecule has 0 aliphatic carbocycles. The Hall–Kier alpha value is -2.49. The number of aliphatic imine (C=N–C) groups is 1. The van der Waals surface area contributed by atoms with E-state index in [0.717, 1.165) is 16.7 Å². The minimum absolute atomic E-state index is 0.0472. The number of nitrogens with one attached hydrogen (secondary N) is 1. The van der Waals surface area contributed by atoms with E-state index >= 15 is 0 Å². The number of guanidine groups is 1. The molecule has 0 radical (unpaired) electrons. The Morgan fingerprint density at radius 2 is 2.00 bits per heavy atom. The number of ether oxygens (including phenoxy) is 2. The number of nitrogens with two attached hydrogens (primary N) is 1. The molecule has 0 spiro atoms. The van der Waals surface area contributed by atoms with Crippen LogP contribution in [0.2, 0.25) is 0 Å². The number of rotatable bonds is 5. The van der Waals surface area contributed by atoms with Gasteiger partial charge in [0, 0.05) is 17.1 Å². The van der Waals surface area contributed by atoms with Gasteiger partial charge in [0.2, 0.25) is 0 Å². The number of anilines is 1. The Morgan fingerprint density at radius 3 is 2.58 bits per heavy atom. The van der Waals surface area contributed by atoms with Gasteiger partial charge in [0.25, 0.3) is 0 Å². The van der Waals surface area contributed by atoms with E-state index in [-0.39, 0.29) is 17.5 Å². The molecule has 0 aliphatic rings. The van der Waals surface area contributed by atoms with E-state index in [2.05, 4.69) is 15.3 Å². The molecule has 0 unspecified atom stereocenters. The molecule has 2 rings (SSSR count). The lowest BCUT2D eigenvalue weighted by atomic mass is 10.3. The molecule has 10 heteroatoms. The van der Waals surface area contributed by atoms with Crippen molar-refractivity contribution in [3.8, 4) is 11.5 Å². The summed E-state index contributed by atoms with van der Waals surface area (Å²) < 4.78 is 47.7. The fourth-order valence-electron chi connectivity index (χ4n) is 1.77. The summed E-state index contributed by atoms with van der Waals surface area (Å²) in [6.45, 7) is -0.0487. The lowest BCUT2D eigenvalue weighted by Crippen LogP contribution is -2.22. The Morgan fingerprint density at radius 1 is 1.29 bits per heavy atom. The smallest absolute Gasteiger partial charge is 0.434 e. The van der Waals surface area contributed by atoms with Gasteiger partial charge in [-0.15, -0.1) is 11.3 Å². The van der Waals surface area contributed by atoms with Crippen molar-refractivity contribution >= 4 is 23.0 Å². The zero-order valence-electron chi connectivity index (χ0n) is 12.8. The van der Waals surface area contributed by atoms with Gasteiger partial charge in [0.15, 0.2) is 23.2 Å². The van der Waals surface area contributed by atoms with Crippen LogP contribution in [0.3, 0.4) is 0 Å². The van der Waals surface area contributed by atoms with Crippen LogP contribution in [0.1, 0.15) is 10.7 Å². The molecule has 0 aliphatic heterocycles. The minimum atomic E-state index is -4.46. The predicted octanol–water partition coefficient (Wildman–Crippen LogP) is 3.11. The molecule has 0 saturated carbocycles. The maximum atomic E-state index is 12.5. The van der Waals surface area contributed by atoms with Crippen LogP contribution < -0.4 is 20.5 Å². The predicted molar refractivity (Wildman–Crippen MR) is 85.6 cm³/mol. The minimum Gasteiger partial charge on any atom is -0.493 e. The third-order valence-corrected chi connectivity index (χ3v) is 3.72. The van der Waals surface area contributed by atoms with Crippen LogP contribution in [0, 0.1) is 0 Å². The standard InChI is InChI=1S/C14H15F3N4O2S/c1-22-9-4-3-8(5-10(9)23-2)20-13(18)19-6-12-21-11(7-24-12)14(15,16)17/h3-5,7H,6H2,1-2H3,(H3,18,19,20). The summed E-state index contributed by atoms with van der Waals surface area (Å²) in [4.78, 5) is 7.45. The quantitative estimate of drug-likeness (QED) is 0.632. The lowest BCUT2D eigenvalue weighted by molar-refractivity contribution is -0.140. The average Bonchev–Trinajstić information content (AvgIpc) is 3.02. The summed E-state index contributed by atoms with van der Waals surface area (Å²) in [6.07, 6.45) is -4.46. The van der Waals surface area contributed by atoms with Crippen LogP contribution in [0.15, 0.2) is 28.6 Å². The molecule has 0 saturated heterocycles. The molecule has 0 fully saturated rings. The first-order valence-electron chi connectivity index (χ1n) is 6.64. The summed E-state index contributed by atoms with van der Waals surface area (Å²) in [5.74, 6) is 1.11. The SMILES string of the molecule is COc1ccc(NC(N)=NCc2nc(C(F)(F)F)cs2)cc1OC. The zero-order chi connectivity index (χ0) is 17.7. The van der Waals surface area contributed by atoms with E-state index in [9.17, 15) is 13.2 Å². The Balaban J connectivity index is 2.03. The largest absolute Gasteiger partial charge is 0.493 e. The molecule has 24 heavy (non-hydrogen) atoms. The first-order valence-corrected chi connectivity index (χ1v) is 7.52. The first kappa shape index (κ1) is 17.9. The summed E-state index contributed by atoms with van der Waals surface area (Å²) >= 11 is 0.878. The van der Waals surface area contributed by atoms with Gasteiger partial charge >= 0.3 is 6.18 Å². The van der Waals surface area contributed by atoms with E-state index in [1.807, 2.05) is 0 Å². The summed E-state index contributed by atoms with van der Waals surface area (Å²) in [7, 11) is 3.02. The number of methoxy groups -OCH3 is 2. The van der Waals surface area contributed by atoms with Gasteiger partial charge in [-0.1, -0.05) is 0 Å². The van der Waals surface area contributed by atoms with E-state index in [1.54, 1.807) is 18.2 Å². The molecule has 130 valence electrons. The van der Waals surface area contributed by atoms with Gasteiger partial charge in [-0.3, -0.25) is 0 Å². The topological polar surface area (TPSA) is 81.8 Å². The number of hydrogen-bond acceptors (Lipinski definition) is 5. The highest BCUT2D eigenvalue weighted by molar-refractivity contribution is 7.09. The number of aromatic nitrogens is 1. The van der Waals surface area contributed by atoms with Gasteiger partial charge in [-0.2, -0.15) is 13.2 Å². The number of thiazole rings is 1. The van der Waals surface area contributed by atoms with Crippen molar-refractivity contribution in [2.24, 2.45) is 10.7 Å². The van der Waals surface area contributed by atoms with Crippen LogP contribution in [0.4, 0.5) is 18.9 Å². The lowest BCUT2D eigenvalue weighted by Gasteiger charge is -2.10. The van der Waals surface area contributed by atoms with Gasteiger partial charge in [0.1, 0.15) is 5.01 Å². The molecular formula is C14H15F3N4O2S. The number of halogens is 3. The van der Waals surface area contributed by atoms with Crippen molar-refractivity contribution in [2.45, 2.75) is 12.7 Å². The Bertz CT molecular complexity index is 731. The Labute approximate surface area is 140 Å². The Kier molecular flexibility index (Phi) is 5.50. The van der Waals surface area contributed by atoms with Crippen molar-refractivity contribution in [2.75, 3.05) is 19.5 Å². The van der Waals surface area contributed by atoms with Crippen LogP contribution in [0.5, 0.6) is 11.5 Å². The van der Waals surface area contributed by atoms with Crippen molar-refractivity contribution in [3.63, 3.8) is 0 Å². The second-order valence-electron chi connectivity index (χ2n) is 4.52. The molecular weight excluding hydrogens is 345 g/mol. The van der Waals surface area contributed by atoms with E-state index in [4.69, 9.17) is 15.2 Å². The second kappa shape index (κ2) is 7.39. The third-order valence-electron chi connectivity index (χ3n) is 2.88. The van der Waals surface area contributed by atoms with Gasteiger partial charge in [-0.05, 0) is 12.1 Å². The fraction of sp³-hybridized carbons (Fsp3) is 0.286. The molecule has 0 atom stereocenters. The molecule has 1 aromatic heterocycles. The highest BCUT2D eigenvalue weighted by Gasteiger charge is 2.33. The van der Waals surface area contributed by atoms with Crippen LogP contribution >= 0.6 is 11.3 Å². The molecule has 2 aromatic rings. The van der Waals surface area contributed by atoms with Gasteiger partial charge in [0.05, 0.1) is 20.8 Å². The molecule has 1 aromatic carbocycles. The molecule has 0 amide bonds. The molecule has 3 N–H and O–H groups in total. The first-order chi connectivity index (χ1) is 11.3. The van der Waals surface area contributed by atoms with Crippen molar-refractivity contribution in [3.05, 3.63) is 34.3 Å². The highest BCUT2D eigenvalue weighted by Crippen LogP contribution is 2.31. The molecule has 6 nitrogen and oxygen atoms in total.